The second-order valence-corrected chi connectivity index (χ2v) is 5.96. The number of nitro groups is 1. The molecule has 9 nitrogen and oxygen atoms in total. The second-order valence-electron chi connectivity index (χ2n) is 5.96. The van der Waals surface area contributed by atoms with Crippen molar-refractivity contribution >= 4 is 17.4 Å². The van der Waals surface area contributed by atoms with Gasteiger partial charge < -0.3 is 5.32 Å². The Morgan fingerprint density at radius 3 is 2.65 bits per heavy atom. The number of hydrogen-bond donors (Lipinski definition) is 1. The van der Waals surface area contributed by atoms with Gasteiger partial charge in [0.1, 0.15) is 11.4 Å². The summed E-state index contributed by atoms with van der Waals surface area (Å²) in [5.41, 5.74) is 2.17. The summed E-state index contributed by atoms with van der Waals surface area (Å²) in [6.45, 7) is 3.61. The van der Waals surface area contributed by atoms with Gasteiger partial charge in [0.25, 0.3) is 5.91 Å². The third-order valence-corrected chi connectivity index (χ3v) is 4.00. The van der Waals surface area contributed by atoms with Gasteiger partial charge >= 0.3 is 5.69 Å². The number of nitrogens with one attached hydrogen (secondary N) is 1. The first-order chi connectivity index (χ1) is 12.3. The maximum atomic E-state index is 12.4. The number of amides is 1. The maximum Gasteiger partial charge on any atom is 0.312 e. The fraction of sp³-hybridized carbons (Fsp3) is 0.235. The molecule has 26 heavy (non-hydrogen) atoms. The number of carbonyl (C=O) groups is 1. The van der Waals surface area contributed by atoms with Crippen molar-refractivity contribution in [1.29, 1.82) is 0 Å². The standard InChI is InChI=1S/C17H18N6O3/c1-11-16(23(25)26)12(2)22(19-11)10-13-5-4-6-14(9-13)17(24)18-15-7-8-21(3)20-15/h4-9H,10H2,1-3H3,(H,18,20,24). The van der Waals surface area contributed by atoms with Gasteiger partial charge in [0, 0.05) is 24.9 Å². The highest BCUT2D eigenvalue weighted by atomic mass is 16.6. The number of aromatic nitrogens is 4. The number of benzene rings is 1. The summed E-state index contributed by atoms with van der Waals surface area (Å²) in [7, 11) is 1.77. The SMILES string of the molecule is Cc1nn(Cc2cccc(C(=O)Nc3ccn(C)n3)c2)c(C)c1[N+](=O)[O-]. The summed E-state index contributed by atoms with van der Waals surface area (Å²) in [6.07, 6.45) is 1.74. The van der Waals surface area contributed by atoms with Gasteiger partial charge in [-0.3, -0.25) is 24.3 Å². The van der Waals surface area contributed by atoms with Crippen molar-refractivity contribution in [2.45, 2.75) is 20.4 Å². The Morgan fingerprint density at radius 2 is 2.04 bits per heavy atom. The highest BCUT2D eigenvalue weighted by Crippen LogP contribution is 2.22. The van der Waals surface area contributed by atoms with Gasteiger partial charge in [-0.1, -0.05) is 12.1 Å². The lowest BCUT2D eigenvalue weighted by Crippen LogP contribution is -2.13. The number of carbonyl (C=O) groups excluding carboxylic acids is 1. The number of rotatable bonds is 5. The van der Waals surface area contributed by atoms with E-state index in [9.17, 15) is 14.9 Å². The molecule has 1 N–H and O–H groups in total. The molecular weight excluding hydrogens is 336 g/mol. The Hall–Kier alpha value is -3.49. The van der Waals surface area contributed by atoms with Crippen molar-refractivity contribution in [3.8, 4) is 0 Å². The molecule has 2 heterocycles. The van der Waals surface area contributed by atoms with Crippen LogP contribution in [-0.4, -0.2) is 30.4 Å². The Labute approximate surface area is 149 Å². The van der Waals surface area contributed by atoms with Gasteiger partial charge in [0.05, 0.1) is 11.5 Å². The molecule has 0 unspecified atom stereocenters. The first-order valence-electron chi connectivity index (χ1n) is 7.93. The zero-order chi connectivity index (χ0) is 18.8. The van der Waals surface area contributed by atoms with E-state index in [1.54, 1.807) is 60.7 Å². The van der Waals surface area contributed by atoms with Crippen molar-refractivity contribution in [3.05, 3.63) is 69.2 Å². The molecule has 0 radical (unpaired) electrons. The van der Waals surface area contributed by atoms with Gasteiger partial charge in [-0.2, -0.15) is 10.2 Å². The predicted molar refractivity (Wildman–Crippen MR) is 95.1 cm³/mol. The van der Waals surface area contributed by atoms with Crippen LogP contribution < -0.4 is 5.32 Å². The molecule has 0 spiro atoms. The smallest absolute Gasteiger partial charge is 0.305 e. The van der Waals surface area contributed by atoms with E-state index in [2.05, 4.69) is 15.5 Å². The highest BCUT2D eigenvalue weighted by molar-refractivity contribution is 6.03. The molecule has 1 amide bonds. The first kappa shape index (κ1) is 17.3. The van der Waals surface area contributed by atoms with Crippen LogP contribution in [-0.2, 0) is 13.6 Å². The molecule has 0 aliphatic rings. The van der Waals surface area contributed by atoms with Crippen molar-refractivity contribution in [2.24, 2.45) is 7.05 Å². The number of anilines is 1. The van der Waals surface area contributed by atoms with Gasteiger partial charge in [-0.15, -0.1) is 0 Å². The van der Waals surface area contributed by atoms with Crippen molar-refractivity contribution in [1.82, 2.24) is 19.6 Å². The summed E-state index contributed by atoms with van der Waals surface area (Å²) in [4.78, 5) is 23.1. The summed E-state index contributed by atoms with van der Waals surface area (Å²) in [6, 6.07) is 8.76. The number of hydrogen-bond acceptors (Lipinski definition) is 5. The van der Waals surface area contributed by atoms with Crippen LogP contribution in [0.4, 0.5) is 11.5 Å². The lowest BCUT2D eigenvalue weighted by Gasteiger charge is -2.07. The summed E-state index contributed by atoms with van der Waals surface area (Å²) in [5.74, 6) is 0.196. The molecule has 3 rings (SSSR count). The molecule has 1 aromatic carbocycles. The fourth-order valence-electron chi connectivity index (χ4n) is 2.76. The summed E-state index contributed by atoms with van der Waals surface area (Å²) >= 11 is 0. The summed E-state index contributed by atoms with van der Waals surface area (Å²) < 4.78 is 3.17. The molecular formula is C17H18N6O3. The van der Waals surface area contributed by atoms with E-state index in [1.165, 1.54) is 0 Å². The Bertz CT molecular complexity index is 988. The van der Waals surface area contributed by atoms with E-state index in [4.69, 9.17) is 0 Å². The van der Waals surface area contributed by atoms with Crippen LogP contribution >= 0.6 is 0 Å². The van der Waals surface area contributed by atoms with Crippen molar-refractivity contribution < 1.29 is 9.72 Å². The molecule has 0 atom stereocenters. The number of nitrogens with zero attached hydrogens (tertiary/aromatic N) is 5. The Balaban J connectivity index is 1.80. The van der Waals surface area contributed by atoms with E-state index < -0.39 is 4.92 Å². The van der Waals surface area contributed by atoms with Crippen molar-refractivity contribution in [3.63, 3.8) is 0 Å². The first-order valence-corrected chi connectivity index (χ1v) is 7.93. The minimum absolute atomic E-state index is 0.0223. The minimum Gasteiger partial charge on any atom is -0.305 e. The normalized spacial score (nSPS) is 10.7. The molecule has 0 fully saturated rings. The van der Waals surface area contributed by atoms with Gasteiger partial charge in [0.15, 0.2) is 5.82 Å². The Kier molecular flexibility index (Phi) is 4.53. The van der Waals surface area contributed by atoms with Crippen LogP contribution in [0, 0.1) is 24.0 Å². The van der Waals surface area contributed by atoms with E-state index in [0.717, 1.165) is 5.56 Å². The predicted octanol–water partition coefficient (Wildman–Crippen LogP) is 2.44. The highest BCUT2D eigenvalue weighted by Gasteiger charge is 2.21. The monoisotopic (exact) mass is 354 g/mol. The maximum absolute atomic E-state index is 12.4. The topological polar surface area (TPSA) is 108 Å². The average molecular weight is 354 g/mol. The van der Waals surface area contributed by atoms with Gasteiger partial charge in [-0.05, 0) is 31.5 Å². The Morgan fingerprint density at radius 1 is 1.27 bits per heavy atom. The second kappa shape index (κ2) is 6.79. The average Bonchev–Trinajstić information content (AvgIpc) is 3.10. The zero-order valence-electron chi connectivity index (χ0n) is 14.6. The van der Waals surface area contributed by atoms with Crippen molar-refractivity contribution in [2.75, 3.05) is 5.32 Å². The minimum atomic E-state index is -0.426. The third-order valence-electron chi connectivity index (χ3n) is 4.00. The number of aryl methyl sites for hydroxylation is 2. The molecule has 0 saturated carbocycles. The molecule has 3 aromatic rings. The molecule has 134 valence electrons. The van der Waals surface area contributed by atoms with Gasteiger partial charge in [-0.25, -0.2) is 0 Å². The quantitative estimate of drug-likeness (QED) is 0.559. The molecule has 0 bridgehead atoms. The fourth-order valence-corrected chi connectivity index (χ4v) is 2.76. The van der Waals surface area contributed by atoms with E-state index in [-0.39, 0.29) is 11.6 Å². The van der Waals surface area contributed by atoms with E-state index in [0.29, 0.717) is 29.3 Å². The van der Waals surface area contributed by atoms with Crippen LogP contribution in [0.1, 0.15) is 27.3 Å². The molecule has 0 saturated heterocycles. The lowest BCUT2D eigenvalue weighted by atomic mass is 10.1. The zero-order valence-corrected chi connectivity index (χ0v) is 14.6. The molecule has 9 heteroatoms. The lowest BCUT2D eigenvalue weighted by molar-refractivity contribution is -0.386. The largest absolute Gasteiger partial charge is 0.312 e. The van der Waals surface area contributed by atoms with Crippen LogP contribution in [0.2, 0.25) is 0 Å². The molecule has 0 aliphatic heterocycles. The van der Waals surface area contributed by atoms with E-state index in [1.807, 2.05) is 6.07 Å². The van der Waals surface area contributed by atoms with Gasteiger partial charge in [0.2, 0.25) is 0 Å². The van der Waals surface area contributed by atoms with Crippen LogP contribution in [0.15, 0.2) is 36.5 Å². The van der Waals surface area contributed by atoms with E-state index >= 15 is 0 Å². The summed E-state index contributed by atoms with van der Waals surface area (Å²) in [5, 5.41) is 22.2. The van der Waals surface area contributed by atoms with Crippen LogP contribution in [0.25, 0.3) is 0 Å². The molecule has 0 aliphatic carbocycles. The van der Waals surface area contributed by atoms with Crippen LogP contribution in [0.5, 0.6) is 0 Å². The van der Waals surface area contributed by atoms with Crippen LogP contribution in [0.3, 0.4) is 0 Å². The third kappa shape index (κ3) is 3.46. The molecule has 2 aromatic heterocycles.